The monoisotopic (exact) mass is 272 g/mol. The average Bonchev–Trinajstić information content (AvgIpc) is 2.13. The minimum atomic E-state index is -0.153. The number of hydrogen-bond acceptors (Lipinski definition) is 2. The molecular formula is C14H28N2OS. The lowest BCUT2D eigenvalue weighted by Gasteiger charge is -2.24. The van der Waals surface area contributed by atoms with Crippen LogP contribution in [0.1, 0.15) is 60.3 Å². The number of nitrogens with one attached hydrogen (secondary N) is 1. The Hall–Kier alpha value is -0.640. The van der Waals surface area contributed by atoms with Crippen molar-refractivity contribution in [2.75, 3.05) is 0 Å². The highest BCUT2D eigenvalue weighted by Crippen LogP contribution is 2.25. The van der Waals surface area contributed by atoms with E-state index < -0.39 is 0 Å². The Morgan fingerprint density at radius 3 is 2.33 bits per heavy atom. The van der Waals surface area contributed by atoms with E-state index >= 15 is 0 Å². The Labute approximate surface area is 117 Å². The van der Waals surface area contributed by atoms with Gasteiger partial charge in [-0.05, 0) is 24.2 Å². The van der Waals surface area contributed by atoms with Crippen LogP contribution in [0, 0.1) is 11.3 Å². The third kappa shape index (κ3) is 8.45. The van der Waals surface area contributed by atoms with Crippen molar-refractivity contribution in [2.24, 2.45) is 17.1 Å². The minimum Gasteiger partial charge on any atom is -0.392 e. The van der Waals surface area contributed by atoms with Crippen LogP contribution in [-0.2, 0) is 4.79 Å². The van der Waals surface area contributed by atoms with Gasteiger partial charge >= 0.3 is 0 Å². The first kappa shape index (κ1) is 17.4. The van der Waals surface area contributed by atoms with Crippen molar-refractivity contribution < 1.29 is 4.79 Å². The van der Waals surface area contributed by atoms with E-state index in [1.54, 1.807) is 0 Å². The van der Waals surface area contributed by atoms with Crippen LogP contribution in [0.25, 0.3) is 0 Å². The molecule has 0 aliphatic carbocycles. The van der Waals surface area contributed by atoms with Crippen LogP contribution in [0.3, 0.4) is 0 Å². The Kier molecular flexibility index (Phi) is 7.45. The van der Waals surface area contributed by atoms with E-state index in [-0.39, 0.29) is 17.4 Å². The second kappa shape index (κ2) is 7.72. The summed E-state index contributed by atoms with van der Waals surface area (Å²) in [6, 6.07) is -0.153. The molecule has 0 spiro atoms. The van der Waals surface area contributed by atoms with Crippen LogP contribution >= 0.6 is 12.2 Å². The molecule has 2 atom stereocenters. The number of nitrogens with two attached hydrogens (primary N) is 1. The molecule has 0 radical (unpaired) electrons. The van der Waals surface area contributed by atoms with Crippen LogP contribution in [0.15, 0.2) is 0 Å². The largest absolute Gasteiger partial charge is 0.392 e. The van der Waals surface area contributed by atoms with Gasteiger partial charge in [0.15, 0.2) is 0 Å². The zero-order valence-electron chi connectivity index (χ0n) is 12.4. The predicted octanol–water partition coefficient (Wildman–Crippen LogP) is 3.02. The maximum absolute atomic E-state index is 11.9. The number of hydrogen-bond donors (Lipinski definition) is 2. The van der Waals surface area contributed by atoms with E-state index in [1.807, 2.05) is 0 Å². The number of carbonyl (C=O) groups excluding carboxylic acids is 1. The SMILES string of the molecule is CCCC(NC(=O)CC(C)CC(C)(C)C)C(N)=S. The second-order valence-corrected chi connectivity index (χ2v) is 6.86. The molecule has 0 aromatic carbocycles. The summed E-state index contributed by atoms with van der Waals surface area (Å²) < 4.78 is 0. The highest BCUT2D eigenvalue weighted by molar-refractivity contribution is 7.80. The molecule has 3 N–H and O–H groups in total. The molecule has 18 heavy (non-hydrogen) atoms. The molecule has 2 unspecified atom stereocenters. The normalized spacial score (nSPS) is 14.9. The first-order chi connectivity index (χ1) is 8.15. The van der Waals surface area contributed by atoms with Gasteiger partial charge < -0.3 is 11.1 Å². The van der Waals surface area contributed by atoms with Crippen LogP contribution in [0.5, 0.6) is 0 Å². The van der Waals surface area contributed by atoms with Gasteiger partial charge in [0, 0.05) is 6.42 Å². The maximum Gasteiger partial charge on any atom is 0.220 e. The van der Waals surface area contributed by atoms with Crippen molar-refractivity contribution in [1.29, 1.82) is 0 Å². The molecule has 0 aromatic rings. The molecule has 0 heterocycles. The molecule has 4 heteroatoms. The van der Waals surface area contributed by atoms with Gasteiger partial charge in [0.25, 0.3) is 0 Å². The van der Waals surface area contributed by atoms with Gasteiger partial charge in [0.2, 0.25) is 5.91 Å². The van der Waals surface area contributed by atoms with Crippen molar-refractivity contribution in [2.45, 2.75) is 66.3 Å². The first-order valence-electron chi connectivity index (χ1n) is 6.74. The summed E-state index contributed by atoms with van der Waals surface area (Å²) in [5, 5.41) is 2.93. The fourth-order valence-electron chi connectivity index (χ4n) is 2.26. The Balaban J connectivity index is 4.20. The Bertz CT molecular complexity index is 284. The van der Waals surface area contributed by atoms with Crippen molar-refractivity contribution in [3.05, 3.63) is 0 Å². The maximum atomic E-state index is 11.9. The van der Waals surface area contributed by atoms with E-state index in [0.717, 1.165) is 19.3 Å². The molecular weight excluding hydrogens is 244 g/mol. The number of thiocarbonyl (C=S) groups is 1. The van der Waals surface area contributed by atoms with Crippen molar-refractivity contribution in [1.82, 2.24) is 5.32 Å². The molecule has 0 rings (SSSR count). The van der Waals surface area contributed by atoms with E-state index in [9.17, 15) is 4.79 Å². The summed E-state index contributed by atoms with van der Waals surface area (Å²) in [4.78, 5) is 12.3. The van der Waals surface area contributed by atoms with Gasteiger partial charge in [-0.2, -0.15) is 0 Å². The van der Waals surface area contributed by atoms with Gasteiger partial charge in [0.1, 0.15) is 0 Å². The Morgan fingerprint density at radius 2 is 1.94 bits per heavy atom. The van der Waals surface area contributed by atoms with Crippen molar-refractivity contribution >= 4 is 23.1 Å². The third-order valence-corrected chi connectivity index (χ3v) is 3.04. The highest BCUT2D eigenvalue weighted by atomic mass is 32.1. The summed E-state index contributed by atoms with van der Waals surface area (Å²) in [5.74, 6) is 0.427. The van der Waals surface area contributed by atoms with Crippen LogP contribution in [0.4, 0.5) is 0 Å². The Morgan fingerprint density at radius 1 is 1.39 bits per heavy atom. The molecule has 0 aromatic heterocycles. The second-order valence-electron chi connectivity index (χ2n) is 6.39. The zero-order valence-corrected chi connectivity index (χ0v) is 13.2. The van der Waals surface area contributed by atoms with Gasteiger partial charge in [-0.1, -0.05) is 53.3 Å². The standard InChI is InChI=1S/C14H28N2OS/c1-6-7-11(13(15)18)16-12(17)8-10(2)9-14(3,4)5/h10-11H,6-9H2,1-5H3,(H2,15,18)(H,16,17). The summed E-state index contributed by atoms with van der Waals surface area (Å²) >= 11 is 4.97. The van der Waals surface area contributed by atoms with E-state index in [2.05, 4.69) is 39.9 Å². The number of carbonyl (C=O) groups is 1. The molecule has 106 valence electrons. The van der Waals surface area contributed by atoms with Crippen LogP contribution in [-0.4, -0.2) is 16.9 Å². The van der Waals surface area contributed by atoms with E-state index in [4.69, 9.17) is 18.0 Å². The average molecular weight is 272 g/mol. The first-order valence-corrected chi connectivity index (χ1v) is 7.15. The smallest absolute Gasteiger partial charge is 0.220 e. The summed E-state index contributed by atoms with van der Waals surface area (Å²) in [7, 11) is 0. The minimum absolute atomic E-state index is 0.0537. The number of amides is 1. The molecule has 0 fully saturated rings. The van der Waals surface area contributed by atoms with E-state index in [1.165, 1.54) is 0 Å². The van der Waals surface area contributed by atoms with Crippen molar-refractivity contribution in [3.63, 3.8) is 0 Å². The van der Waals surface area contributed by atoms with E-state index in [0.29, 0.717) is 17.3 Å². The summed E-state index contributed by atoms with van der Waals surface area (Å²) in [6.07, 6.45) is 3.35. The van der Waals surface area contributed by atoms with Gasteiger partial charge in [0.05, 0.1) is 11.0 Å². The molecule has 0 aliphatic heterocycles. The molecule has 0 aliphatic rings. The molecule has 0 bridgehead atoms. The molecule has 3 nitrogen and oxygen atoms in total. The number of rotatable bonds is 7. The highest BCUT2D eigenvalue weighted by Gasteiger charge is 2.20. The van der Waals surface area contributed by atoms with Gasteiger partial charge in [-0.25, -0.2) is 0 Å². The molecule has 0 saturated carbocycles. The topological polar surface area (TPSA) is 55.1 Å². The van der Waals surface area contributed by atoms with Crippen LogP contribution in [0.2, 0.25) is 0 Å². The van der Waals surface area contributed by atoms with Gasteiger partial charge in [-0.15, -0.1) is 0 Å². The van der Waals surface area contributed by atoms with Crippen LogP contribution < -0.4 is 11.1 Å². The quantitative estimate of drug-likeness (QED) is 0.700. The fourth-order valence-corrected chi connectivity index (χ4v) is 2.44. The molecule has 0 saturated heterocycles. The summed E-state index contributed by atoms with van der Waals surface area (Å²) in [5.41, 5.74) is 5.88. The van der Waals surface area contributed by atoms with Gasteiger partial charge in [-0.3, -0.25) is 4.79 Å². The lowest BCUT2D eigenvalue weighted by Crippen LogP contribution is -2.43. The third-order valence-electron chi connectivity index (χ3n) is 2.75. The summed E-state index contributed by atoms with van der Waals surface area (Å²) in [6.45, 7) is 10.7. The van der Waals surface area contributed by atoms with Crippen molar-refractivity contribution in [3.8, 4) is 0 Å². The fraction of sp³-hybridized carbons (Fsp3) is 0.857. The predicted molar refractivity (Wildman–Crippen MR) is 81.5 cm³/mol. The lowest BCUT2D eigenvalue weighted by atomic mass is 9.84. The molecule has 1 amide bonds. The lowest BCUT2D eigenvalue weighted by molar-refractivity contribution is -0.122. The zero-order chi connectivity index (χ0) is 14.3.